The third kappa shape index (κ3) is 2.24. The molecule has 1 aliphatic heterocycles. The summed E-state index contributed by atoms with van der Waals surface area (Å²) in [7, 11) is 0. The zero-order valence-corrected chi connectivity index (χ0v) is 10.3. The molecule has 0 saturated carbocycles. The zero-order valence-electron chi connectivity index (χ0n) is 10.3. The molecule has 0 fully saturated rings. The number of carbonyl (C=O) groups is 1. The highest BCUT2D eigenvalue weighted by Gasteiger charge is 2.23. The maximum Gasteiger partial charge on any atom is 0.255 e. The molecule has 2 aromatic rings. The highest BCUT2D eigenvalue weighted by molar-refractivity contribution is 5.93. The Morgan fingerprint density at radius 2 is 2.26 bits per heavy atom. The van der Waals surface area contributed by atoms with E-state index >= 15 is 0 Å². The number of carbonyl (C=O) groups excluding carboxylic acids is 1. The minimum atomic E-state index is -0.0315. The van der Waals surface area contributed by atoms with E-state index in [4.69, 9.17) is 5.73 Å². The molecule has 3 heterocycles. The summed E-state index contributed by atoms with van der Waals surface area (Å²) in [4.78, 5) is 26.2. The van der Waals surface area contributed by atoms with E-state index in [1.54, 1.807) is 35.6 Å². The molecule has 6 nitrogen and oxygen atoms in total. The summed E-state index contributed by atoms with van der Waals surface area (Å²) in [6, 6.07) is 3.52. The van der Waals surface area contributed by atoms with E-state index in [2.05, 4.69) is 15.0 Å². The molecule has 2 aromatic heterocycles. The maximum atomic E-state index is 12.3. The van der Waals surface area contributed by atoms with Crippen molar-refractivity contribution in [3.8, 4) is 0 Å². The average molecular weight is 255 g/mol. The Hall–Kier alpha value is -2.50. The number of anilines is 1. The lowest BCUT2D eigenvalue weighted by molar-refractivity contribution is 0.0731. The second-order valence-corrected chi connectivity index (χ2v) is 4.42. The van der Waals surface area contributed by atoms with Crippen LogP contribution in [0.3, 0.4) is 0 Å². The van der Waals surface area contributed by atoms with E-state index in [0.29, 0.717) is 18.7 Å². The molecule has 96 valence electrons. The minimum Gasteiger partial charge on any atom is -0.368 e. The molecule has 1 amide bonds. The van der Waals surface area contributed by atoms with E-state index in [-0.39, 0.29) is 11.9 Å². The lowest BCUT2D eigenvalue weighted by atomic mass is 10.1. The summed E-state index contributed by atoms with van der Waals surface area (Å²) in [6.45, 7) is 1.13. The number of rotatable bonds is 1. The van der Waals surface area contributed by atoms with Gasteiger partial charge in [0.2, 0.25) is 5.95 Å². The molecule has 6 heteroatoms. The predicted octanol–water partition coefficient (Wildman–Crippen LogP) is 0.652. The van der Waals surface area contributed by atoms with Crippen LogP contribution in [0, 0.1) is 0 Å². The average Bonchev–Trinajstić information content (AvgIpc) is 2.46. The van der Waals surface area contributed by atoms with Crippen molar-refractivity contribution in [2.75, 3.05) is 12.3 Å². The third-order valence-electron chi connectivity index (χ3n) is 3.16. The normalized spacial score (nSPS) is 14.0. The molecule has 19 heavy (non-hydrogen) atoms. The van der Waals surface area contributed by atoms with E-state index in [1.807, 2.05) is 0 Å². The number of hydrogen-bond donors (Lipinski definition) is 1. The second-order valence-electron chi connectivity index (χ2n) is 4.42. The maximum absolute atomic E-state index is 12.3. The van der Waals surface area contributed by atoms with Crippen molar-refractivity contribution in [2.45, 2.75) is 13.0 Å². The Morgan fingerprint density at radius 3 is 3.05 bits per heavy atom. The molecule has 3 rings (SSSR count). The summed E-state index contributed by atoms with van der Waals surface area (Å²) in [5, 5.41) is 0. The minimum absolute atomic E-state index is 0.0315. The van der Waals surface area contributed by atoms with Gasteiger partial charge in [-0.1, -0.05) is 0 Å². The van der Waals surface area contributed by atoms with Gasteiger partial charge < -0.3 is 10.6 Å². The molecule has 0 aromatic carbocycles. The molecule has 0 bridgehead atoms. The quantitative estimate of drug-likeness (QED) is 0.808. The lowest BCUT2D eigenvalue weighted by Crippen LogP contribution is -2.36. The number of nitrogens with zero attached hydrogens (tertiary/aromatic N) is 4. The Morgan fingerprint density at radius 1 is 1.37 bits per heavy atom. The van der Waals surface area contributed by atoms with Crippen LogP contribution in [0.2, 0.25) is 0 Å². The number of aromatic nitrogens is 3. The number of fused-ring (bicyclic) bond motifs is 1. The Balaban J connectivity index is 1.84. The molecule has 0 atom stereocenters. The summed E-state index contributed by atoms with van der Waals surface area (Å²) >= 11 is 0. The number of hydrogen-bond acceptors (Lipinski definition) is 5. The second kappa shape index (κ2) is 4.64. The summed E-state index contributed by atoms with van der Waals surface area (Å²) < 4.78 is 0. The van der Waals surface area contributed by atoms with Crippen LogP contribution in [0.4, 0.5) is 5.95 Å². The fourth-order valence-electron chi connectivity index (χ4n) is 2.16. The van der Waals surface area contributed by atoms with Crippen molar-refractivity contribution in [2.24, 2.45) is 0 Å². The van der Waals surface area contributed by atoms with Gasteiger partial charge in [-0.3, -0.25) is 9.78 Å². The van der Waals surface area contributed by atoms with Crippen molar-refractivity contribution in [1.82, 2.24) is 19.9 Å². The lowest BCUT2D eigenvalue weighted by Gasteiger charge is -2.27. The first-order chi connectivity index (χ1) is 9.24. The number of pyridine rings is 1. The fraction of sp³-hybridized carbons (Fsp3) is 0.231. The molecule has 0 aliphatic carbocycles. The van der Waals surface area contributed by atoms with Gasteiger partial charge in [0, 0.05) is 25.1 Å². The van der Waals surface area contributed by atoms with Gasteiger partial charge in [-0.25, -0.2) is 9.97 Å². The van der Waals surface area contributed by atoms with Crippen molar-refractivity contribution in [3.05, 3.63) is 47.5 Å². The Kier molecular flexibility index (Phi) is 2.83. The Bertz CT molecular complexity index is 614. The summed E-state index contributed by atoms with van der Waals surface area (Å²) in [5.41, 5.74) is 8.06. The van der Waals surface area contributed by atoms with Crippen LogP contribution in [0.25, 0.3) is 0 Å². The first-order valence-corrected chi connectivity index (χ1v) is 6.03. The molecule has 1 aliphatic rings. The summed E-state index contributed by atoms with van der Waals surface area (Å²) in [5.74, 6) is 0.213. The van der Waals surface area contributed by atoms with E-state index in [9.17, 15) is 4.79 Å². The topological polar surface area (TPSA) is 85.0 Å². The molecule has 0 spiro atoms. The first kappa shape index (κ1) is 11.6. The van der Waals surface area contributed by atoms with Gasteiger partial charge in [0.1, 0.15) is 0 Å². The van der Waals surface area contributed by atoms with Crippen molar-refractivity contribution in [3.63, 3.8) is 0 Å². The van der Waals surface area contributed by atoms with Gasteiger partial charge in [0.25, 0.3) is 5.91 Å². The SMILES string of the molecule is Nc1ncc2c(n1)CN(C(=O)c1cccnc1)CC2. The zero-order chi connectivity index (χ0) is 13.2. The van der Waals surface area contributed by atoms with Crippen LogP contribution in [-0.4, -0.2) is 32.3 Å². The highest BCUT2D eigenvalue weighted by atomic mass is 16.2. The van der Waals surface area contributed by atoms with E-state index in [0.717, 1.165) is 17.7 Å². The van der Waals surface area contributed by atoms with Crippen molar-refractivity contribution >= 4 is 11.9 Å². The third-order valence-corrected chi connectivity index (χ3v) is 3.16. The standard InChI is InChI=1S/C13H13N5O/c14-13-16-7-9-3-5-18(8-11(9)17-13)12(19)10-2-1-4-15-6-10/h1-2,4,6-7H,3,5,8H2,(H2,14,16,17). The van der Waals surface area contributed by atoms with Gasteiger partial charge in [0.15, 0.2) is 0 Å². The number of nitrogen functional groups attached to an aromatic ring is 1. The van der Waals surface area contributed by atoms with Gasteiger partial charge in [-0.2, -0.15) is 0 Å². The van der Waals surface area contributed by atoms with E-state index < -0.39 is 0 Å². The van der Waals surface area contributed by atoms with Gasteiger partial charge in [-0.15, -0.1) is 0 Å². The predicted molar refractivity (Wildman–Crippen MR) is 69.1 cm³/mol. The van der Waals surface area contributed by atoms with Gasteiger partial charge >= 0.3 is 0 Å². The summed E-state index contributed by atoms with van der Waals surface area (Å²) in [6.07, 6.45) is 5.72. The molecular weight excluding hydrogens is 242 g/mol. The number of amides is 1. The van der Waals surface area contributed by atoms with Crippen LogP contribution in [0.5, 0.6) is 0 Å². The smallest absolute Gasteiger partial charge is 0.255 e. The largest absolute Gasteiger partial charge is 0.368 e. The number of nitrogens with two attached hydrogens (primary N) is 1. The van der Waals surface area contributed by atoms with Gasteiger partial charge in [0.05, 0.1) is 17.8 Å². The van der Waals surface area contributed by atoms with E-state index in [1.165, 1.54) is 0 Å². The Labute approximate surface area is 110 Å². The fourth-order valence-corrected chi connectivity index (χ4v) is 2.16. The molecular formula is C13H13N5O. The molecule has 0 unspecified atom stereocenters. The molecule has 2 N–H and O–H groups in total. The monoisotopic (exact) mass is 255 g/mol. The molecule has 0 radical (unpaired) electrons. The van der Waals surface area contributed by atoms with Crippen molar-refractivity contribution < 1.29 is 4.79 Å². The first-order valence-electron chi connectivity index (χ1n) is 6.03. The van der Waals surface area contributed by atoms with Crippen LogP contribution >= 0.6 is 0 Å². The molecule has 0 saturated heterocycles. The van der Waals surface area contributed by atoms with Crippen LogP contribution in [-0.2, 0) is 13.0 Å². The van der Waals surface area contributed by atoms with Crippen LogP contribution in [0.15, 0.2) is 30.7 Å². The van der Waals surface area contributed by atoms with Crippen LogP contribution < -0.4 is 5.73 Å². The van der Waals surface area contributed by atoms with Crippen LogP contribution in [0.1, 0.15) is 21.6 Å². The van der Waals surface area contributed by atoms with Crippen molar-refractivity contribution in [1.29, 1.82) is 0 Å². The van der Waals surface area contributed by atoms with Gasteiger partial charge in [-0.05, 0) is 24.1 Å². The highest BCUT2D eigenvalue weighted by Crippen LogP contribution is 2.18.